The minimum atomic E-state index is -3.25. The van der Waals surface area contributed by atoms with Gasteiger partial charge < -0.3 is 5.32 Å². The number of amides is 1. The fraction of sp³-hybridized carbons (Fsp3) is 0.350. The van der Waals surface area contributed by atoms with Gasteiger partial charge in [0.05, 0.1) is 10.9 Å². The van der Waals surface area contributed by atoms with Crippen LogP contribution in [0.5, 0.6) is 0 Å². The Balaban J connectivity index is 1.72. The third-order valence-corrected chi connectivity index (χ3v) is 5.89. The van der Waals surface area contributed by atoms with Gasteiger partial charge in [0.15, 0.2) is 9.84 Å². The van der Waals surface area contributed by atoms with E-state index in [1.807, 2.05) is 6.92 Å². The zero-order chi connectivity index (χ0) is 18.0. The van der Waals surface area contributed by atoms with E-state index in [2.05, 4.69) is 23.5 Å². The maximum absolute atomic E-state index is 12.4. The largest absolute Gasteiger partial charge is 0.346 e. The Morgan fingerprint density at radius 2 is 1.64 bits per heavy atom. The Morgan fingerprint density at radius 3 is 2.28 bits per heavy atom. The first-order valence-electron chi connectivity index (χ1n) is 8.57. The van der Waals surface area contributed by atoms with E-state index < -0.39 is 9.84 Å². The van der Waals surface area contributed by atoms with E-state index in [-0.39, 0.29) is 16.8 Å². The van der Waals surface area contributed by atoms with Gasteiger partial charge in [-0.2, -0.15) is 0 Å². The molecule has 0 fully saturated rings. The van der Waals surface area contributed by atoms with Crippen LogP contribution in [0.4, 0.5) is 0 Å². The van der Waals surface area contributed by atoms with Crippen molar-refractivity contribution in [2.24, 2.45) is 0 Å². The summed E-state index contributed by atoms with van der Waals surface area (Å²) < 4.78 is 23.0. The average molecular weight is 357 g/mol. The lowest BCUT2D eigenvalue weighted by atomic mass is 9.89. The molecule has 4 nitrogen and oxygen atoms in total. The summed E-state index contributed by atoms with van der Waals surface area (Å²) in [6.45, 7) is 1.97. The molecule has 0 saturated carbocycles. The molecule has 1 N–H and O–H groups in total. The number of nitrogens with one attached hydrogen (secondary N) is 1. The maximum Gasteiger partial charge on any atom is 0.251 e. The molecule has 3 rings (SSSR count). The Labute approximate surface area is 149 Å². The third-order valence-electron chi connectivity index (χ3n) is 4.76. The van der Waals surface area contributed by atoms with Gasteiger partial charge in [0.1, 0.15) is 0 Å². The summed E-state index contributed by atoms with van der Waals surface area (Å²) in [6.07, 6.45) is 5.88. The number of hydrogen-bond donors (Lipinski definition) is 1. The molecule has 1 aliphatic rings. The minimum Gasteiger partial charge on any atom is -0.346 e. The molecule has 2 aromatic carbocycles. The highest BCUT2D eigenvalue weighted by Crippen LogP contribution is 2.25. The lowest BCUT2D eigenvalue weighted by molar-refractivity contribution is 0.0939. The second-order valence-corrected chi connectivity index (χ2v) is 8.74. The molecule has 1 atom stereocenters. The van der Waals surface area contributed by atoms with Gasteiger partial charge in [-0.25, -0.2) is 8.42 Å². The van der Waals surface area contributed by atoms with Crippen molar-refractivity contribution in [3.05, 3.63) is 64.7 Å². The fourth-order valence-corrected chi connectivity index (χ4v) is 3.87. The minimum absolute atomic E-state index is 0.102. The van der Waals surface area contributed by atoms with Crippen molar-refractivity contribution in [2.75, 3.05) is 6.26 Å². The maximum atomic E-state index is 12.4. The molecule has 1 aliphatic carbocycles. The highest BCUT2D eigenvalue weighted by Gasteiger charge is 2.15. The monoisotopic (exact) mass is 357 g/mol. The Kier molecular flexibility index (Phi) is 4.95. The lowest BCUT2D eigenvalue weighted by Crippen LogP contribution is -2.26. The standard InChI is InChI=1S/C20H23NO3S/c1-14(17-8-7-15-5-3-4-6-18(15)13-17)21-20(22)16-9-11-19(12-10-16)25(2,23)24/h7-14H,3-6H2,1-2H3,(H,21,22)/t14-/m0/s1. The molecule has 2 aromatic rings. The van der Waals surface area contributed by atoms with Crippen molar-refractivity contribution in [3.8, 4) is 0 Å². The zero-order valence-electron chi connectivity index (χ0n) is 14.6. The van der Waals surface area contributed by atoms with E-state index in [0.29, 0.717) is 5.56 Å². The summed E-state index contributed by atoms with van der Waals surface area (Å²) in [5.41, 5.74) is 4.37. The van der Waals surface area contributed by atoms with E-state index in [0.717, 1.165) is 24.7 Å². The van der Waals surface area contributed by atoms with Gasteiger partial charge in [0.25, 0.3) is 5.91 Å². The van der Waals surface area contributed by atoms with Crippen LogP contribution < -0.4 is 5.32 Å². The molecule has 0 heterocycles. The summed E-state index contributed by atoms with van der Waals surface area (Å²) in [5.74, 6) is -0.203. The Hall–Kier alpha value is -2.14. The Bertz CT molecular complexity index is 886. The van der Waals surface area contributed by atoms with Crippen LogP contribution in [-0.4, -0.2) is 20.6 Å². The van der Waals surface area contributed by atoms with Crippen LogP contribution in [0.25, 0.3) is 0 Å². The number of carbonyl (C=O) groups is 1. The van der Waals surface area contributed by atoms with Crippen LogP contribution in [0, 0.1) is 0 Å². The topological polar surface area (TPSA) is 63.2 Å². The summed E-state index contributed by atoms with van der Waals surface area (Å²) in [6, 6.07) is 12.4. The van der Waals surface area contributed by atoms with Crippen molar-refractivity contribution in [1.29, 1.82) is 0 Å². The summed E-state index contributed by atoms with van der Waals surface area (Å²) in [5, 5.41) is 2.99. The van der Waals surface area contributed by atoms with Crippen LogP contribution in [-0.2, 0) is 22.7 Å². The van der Waals surface area contributed by atoms with Crippen molar-refractivity contribution in [1.82, 2.24) is 5.32 Å². The van der Waals surface area contributed by atoms with Crippen molar-refractivity contribution < 1.29 is 13.2 Å². The summed E-state index contributed by atoms with van der Waals surface area (Å²) in [4.78, 5) is 12.6. The molecular formula is C20H23NO3S. The van der Waals surface area contributed by atoms with Gasteiger partial charge in [-0.15, -0.1) is 0 Å². The molecule has 0 bridgehead atoms. The summed E-state index contributed by atoms with van der Waals surface area (Å²) in [7, 11) is -3.25. The second kappa shape index (κ2) is 7.00. The number of benzene rings is 2. The quantitative estimate of drug-likeness (QED) is 0.911. The van der Waals surface area contributed by atoms with Crippen LogP contribution >= 0.6 is 0 Å². The average Bonchev–Trinajstić information content (AvgIpc) is 2.60. The highest BCUT2D eigenvalue weighted by atomic mass is 32.2. The normalized spacial score (nSPS) is 15.3. The molecule has 0 spiro atoms. The van der Waals surface area contributed by atoms with E-state index in [4.69, 9.17) is 0 Å². The van der Waals surface area contributed by atoms with E-state index in [9.17, 15) is 13.2 Å². The first-order chi connectivity index (χ1) is 11.8. The van der Waals surface area contributed by atoms with Crippen LogP contribution in [0.3, 0.4) is 0 Å². The number of aryl methyl sites for hydroxylation is 2. The first kappa shape index (κ1) is 17.7. The van der Waals surface area contributed by atoms with E-state index >= 15 is 0 Å². The highest BCUT2D eigenvalue weighted by molar-refractivity contribution is 7.90. The van der Waals surface area contributed by atoms with Gasteiger partial charge in [-0.1, -0.05) is 18.2 Å². The zero-order valence-corrected chi connectivity index (χ0v) is 15.4. The lowest BCUT2D eigenvalue weighted by Gasteiger charge is -2.20. The number of hydrogen-bond acceptors (Lipinski definition) is 3. The summed E-state index contributed by atoms with van der Waals surface area (Å²) >= 11 is 0. The van der Waals surface area contributed by atoms with Gasteiger partial charge in [0.2, 0.25) is 0 Å². The predicted octanol–water partition coefficient (Wildman–Crippen LogP) is 3.46. The molecule has 132 valence electrons. The van der Waals surface area contributed by atoms with Crippen LogP contribution in [0.2, 0.25) is 0 Å². The molecule has 0 radical (unpaired) electrons. The number of carbonyl (C=O) groups excluding carboxylic acids is 1. The van der Waals surface area contributed by atoms with Crippen LogP contribution in [0.1, 0.15) is 52.9 Å². The molecule has 5 heteroatoms. The van der Waals surface area contributed by atoms with E-state index in [1.165, 1.54) is 36.1 Å². The molecule has 0 aliphatic heterocycles. The second-order valence-electron chi connectivity index (χ2n) is 6.73. The Morgan fingerprint density at radius 1 is 1.00 bits per heavy atom. The molecule has 0 unspecified atom stereocenters. The van der Waals surface area contributed by atoms with Gasteiger partial charge >= 0.3 is 0 Å². The number of rotatable bonds is 4. The van der Waals surface area contributed by atoms with Gasteiger partial charge in [0, 0.05) is 11.8 Å². The third kappa shape index (κ3) is 4.10. The molecular weight excluding hydrogens is 334 g/mol. The predicted molar refractivity (Wildman–Crippen MR) is 98.5 cm³/mol. The van der Waals surface area contributed by atoms with Gasteiger partial charge in [-0.3, -0.25) is 4.79 Å². The molecule has 25 heavy (non-hydrogen) atoms. The smallest absolute Gasteiger partial charge is 0.251 e. The van der Waals surface area contributed by atoms with E-state index in [1.54, 1.807) is 12.1 Å². The molecule has 0 aromatic heterocycles. The fourth-order valence-electron chi connectivity index (χ4n) is 3.24. The number of fused-ring (bicyclic) bond motifs is 1. The van der Waals surface area contributed by atoms with Crippen molar-refractivity contribution >= 4 is 15.7 Å². The molecule has 0 saturated heterocycles. The molecule has 1 amide bonds. The van der Waals surface area contributed by atoms with Crippen LogP contribution in [0.15, 0.2) is 47.4 Å². The van der Waals surface area contributed by atoms with Crippen molar-refractivity contribution in [3.63, 3.8) is 0 Å². The van der Waals surface area contributed by atoms with Gasteiger partial charge in [-0.05, 0) is 73.6 Å². The SMILES string of the molecule is C[C@H](NC(=O)c1ccc(S(C)(=O)=O)cc1)c1ccc2c(c1)CCCC2. The first-order valence-corrected chi connectivity index (χ1v) is 10.5. The number of sulfone groups is 1. The van der Waals surface area contributed by atoms with Crippen molar-refractivity contribution in [2.45, 2.75) is 43.5 Å².